The lowest BCUT2D eigenvalue weighted by Gasteiger charge is -2.36. The van der Waals surface area contributed by atoms with Crippen molar-refractivity contribution in [2.45, 2.75) is 36.2 Å². The van der Waals surface area contributed by atoms with E-state index in [1.807, 2.05) is 14.1 Å². The zero-order valence-electron chi connectivity index (χ0n) is 12.1. The fourth-order valence-electron chi connectivity index (χ4n) is 2.69. The SMILES string of the molecule is CN(C)C1(CNS(=O)(=O)c2ncn(C)c2Cl)CCCC1. The second kappa shape index (κ2) is 5.63. The van der Waals surface area contributed by atoms with E-state index in [0.717, 1.165) is 25.7 Å². The van der Waals surface area contributed by atoms with Gasteiger partial charge in [-0.3, -0.25) is 0 Å². The van der Waals surface area contributed by atoms with Crippen molar-refractivity contribution < 1.29 is 8.42 Å². The number of hydrogen-bond acceptors (Lipinski definition) is 4. The molecule has 0 unspecified atom stereocenters. The Bertz CT molecular complexity index is 576. The number of nitrogens with zero attached hydrogens (tertiary/aromatic N) is 3. The molecule has 20 heavy (non-hydrogen) atoms. The Balaban J connectivity index is 2.15. The Morgan fingerprint density at radius 1 is 1.45 bits per heavy atom. The fraction of sp³-hybridized carbons (Fsp3) is 0.750. The largest absolute Gasteiger partial charge is 0.324 e. The molecule has 0 saturated heterocycles. The molecule has 1 aliphatic carbocycles. The van der Waals surface area contributed by atoms with E-state index in [1.54, 1.807) is 7.05 Å². The minimum Gasteiger partial charge on any atom is -0.324 e. The number of aromatic nitrogens is 2. The summed E-state index contributed by atoms with van der Waals surface area (Å²) >= 11 is 5.96. The van der Waals surface area contributed by atoms with Gasteiger partial charge in [0.25, 0.3) is 10.0 Å². The summed E-state index contributed by atoms with van der Waals surface area (Å²) < 4.78 is 28.7. The summed E-state index contributed by atoms with van der Waals surface area (Å²) in [5.74, 6) is 0. The molecule has 0 atom stereocenters. The Hall–Kier alpha value is -0.630. The summed E-state index contributed by atoms with van der Waals surface area (Å²) in [6.07, 6.45) is 5.65. The van der Waals surface area contributed by atoms with Gasteiger partial charge in [0.1, 0.15) is 5.15 Å². The lowest BCUT2D eigenvalue weighted by molar-refractivity contribution is 0.162. The summed E-state index contributed by atoms with van der Waals surface area (Å²) in [6.45, 7) is 0.384. The normalized spacial score (nSPS) is 18.9. The highest BCUT2D eigenvalue weighted by atomic mass is 35.5. The van der Waals surface area contributed by atoms with Crippen LogP contribution in [0.4, 0.5) is 0 Å². The minimum absolute atomic E-state index is 0.103. The number of likely N-dealkylation sites (N-methyl/N-ethyl adjacent to an activating group) is 1. The number of nitrogens with one attached hydrogen (secondary N) is 1. The number of hydrogen-bond donors (Lipinski definition) is 1. The van der Waals surface area contributed by atoms with Crippen LogP contribution in [0, 0.1) is 0 Å². The van der Waals surface area contributed by atoms with Gasteiger partial charge in [0.15, 0.2) is 0 Å². The van der Waals surface area contributed by atoms with Crippen molar-refractivity contribution in [3.63, 3.8) is 0 Å². The van der Waals surface area contributed by atoms with Crippen LogP contribution in [0.2, 0.25) is 5.15 Å². The Labute approximate surface area is 125 Å². The van der Waals surface area contributed by atoms with Crippen molar-refractivity contribution in [3.8, 4) is 0 Å². The number of imidazole rings is 1. The summed E-state index contributed by atoms with van der Waals surface area (Å²) in [6, 6.07) is 0. The monoisotopic (exact) mass is 320 g/mol. The maximum atomic E-state index is 12.3. The van der Waals surface area contributed by atoms with Crippen LogP contribution in [0.15, 0.2) is 11.4 Å². The molecule has 1 aromatic rings. The topological polar surface area (TPSA) is 67.2 Å². The van der Waals surface area contributed by atoms with Gasteiger partial charge < -0.3 is 9.47 Å². The van der Waals surface area contributed by atoms with Crippen molar-refractivity contribution in [1.82, 2.24) is 19.2 Å². The molecule has 0 bridgehead atoms. The fourth-order valence-corrected chi connectivity index (χ4v) is 4.23. The predicted octanol–water partition coefficient (Wildman–Crippen LogP) is 1.23. The molecule has 1 aliphatic rings. The summed E-state index contributed by atoms with van der Waals surface area (Å²) in [5, 5.41) is 0.0244. The average molecular weight is 321 g/mol. The van der Waals surface area contributed by atoms with Crippen molar-refractivity contribution >= 4 is 21.6 Å². The molecule has 1 fully saturated rings. The Morgan fingerprint density at radius 3 is 2.50 bits per heavy atom. The third-order valence-corrected chi connectivity index (χ3v) is 6.05. The molecule has 0 aromatic carbocycles. The minimum atomic E-state index is -3.67. The van der Waals surface area contributed by atoms with Crippen LogP contribution < -0.4 is 4.72 Å². The number of sulfonamides is 1. The third-order valence-electron chi connectivity index (χ3n) is 4.16. The maximum absolute atomic E-state index is 12.3. The second-order valence-corrected chi connectivity index (χ2v) is 7.64. The van der Waals surface area contributed by atoms with Gasteiger partial charge in [-0.15, -0.1) is 0 Å². The van der Waals surface area contributed by atoms with E-state index >= 15 is 0 Å². The van der Waals surface area contributed by atoms with E-state index in [0.29, 0.717) is 6.54 Å². The molecule has 8 heteroatoms. The van der Waals surface area contributed by atoms with Crippen LogP contribution in [0.5, 0.6) is 0 Å². The van der Waals surface area contributed by atoms with E-state index in [1.165, 1.54) is 10.9 Å². The van der Waals surface area contributed by atoms with Crippen molar-refractivity contribution in [2.24, 2.45) is 7.05 Å². The van der Waals surface area contributed by atoms with Crippen molar-refractivity contribution in [2.75, 3.05) is 20.6 Å². The van der Waals surface area contributed by atoms with Crippen LogP contribution in [0.3, 0.4) is 0 Å². The molecule has 1 heterocycles. The lowest BCUT2D eigenvalue weighted by Crippen LogP contribution is -2.50. The highest BCUT2D eigenvalue weighted by Gasteiger charge is 2.37. The first kappa shape index (κ1) is 15.8. The summed E-state index contributed by atoms with van der Waals surface area (Å²) in [5.41, 5.74) is -0.103. The molecule has 2 rings (SSSR count). The standard InChI is InChI=1S/C12H21ClN4O2S/c1-16(2)12(6-4-5-7-12)8-15-20(18,19)11-10(13)17(3)9-14-11/h9,15H,4-8H2,1-3H3. The first-order valence-corrected chi connectivity index (χ1v) is 8.48. The summed E-state index contributed by atoms with van der Waals surface area (Å²) in [4.78, 5) is 5.98. The zero-order valence-corrected chi connectivity index (χ0v) is 13.6. The summed E-state index contributed by atoms with van der Waals surface area (Å²) in [7, 11) is 1.98. The van der Waals surface area contributed by atoms with Gasteiger partial charge in [0.2, 0.25) is 5.03 Å². The quantitative estimate of drug-likeness (QED) is 0.886. The molecular weight excluding hydrogens is 300 g/mol. The zero-order chi connectivity index (χ0) is 15.0. The van der Waals surface area contributed by atoms with Crippen molar-refractivity contribution in [3.05, 3.63) is 11.5 Å². The van der Waals surface area contributed by atoms with Gasteiger partial charge in [-0.25, -0.2) is 18.1 Å². The van der Waals surface area contributed by atoms with Gasteiger partial charge >= 0.3 is 0 Å². The molecule has 0 aliphatic heterocycles. The smallest absolute Gasteiger partial charge is 0.261 e. The molecule has 1 N–H and O–H groups in total. The first-order valence-electron chi connectivity index (χ1n) is 6.62. The van der Waals surface area contributed by atoms with Gasteiger partial charge in [-0.2, -0.15) is 0 Å². The molecule has 0 radical (unpaired) electrons. The van der Waals surface area contributed by atoms with E-state index in [-0.39, 0.29) is 15.7 Å². The first-order chi connectivity index (χ1) is 9.28. The second-order valence-electron chi connectivity index (χ2n) is 5.60. The molecule has 1 saturated carbocycles. The Kier molecular flexibility index (Phi) is 4.44. The van der Waals surface area contributed by atoms with Crippen LogP contribution in [-0.4, -0.2) is 49.0 Å². The van der Waals surface area contributed by atoms with E-state index in [4.69, 9.17) is 11.6 Å². The van der Waals surface area contributed by atoms with Crippen LogP contribution >= 0.6 is 11.6 Å². The number of rotatable bonds is 5. The van der Waals surface area contributed by atoms with Crippen LogP contribution in [-0.2, 0) is 17.1 Å². The molecule has 1 aromatic heterocycles. The van der Waals surface area contributed by atoms with Gasteiger partial charge in [0, 0.05) is 19.1 Å². The Morgan fingerprint density at radius 2 is 2.05 bits per heavy atom. The molecular formula is C12H21ClN4O2S. The highest BCUT2D eigenvalue weighted by molar-refractivity contribution is 7.89. The third kappa shape index (κ3) is 2.86. The molecule has 0 spiro atoms. The average Bonchev–Trinajstić information content (AvgIpc) is 2.97. The van der Waals surface area contributed by atoms with E-state index in [2.05, 4.69) is 14.6 Å². The lowest BCUT2D eigenvalue weighted by atomic mass is 9.97. The molecule has 0 amide bonds. The number of aryl methyl sites for hydroxylation is 1. The van der Waals surface area contributed by atoms with Gasteiger partial charge in [-0.1, -0.05) is 24.4 Å². The molecule has 114 valence electrons. The number of halogens is 1. The highest BCUT2D eigenvalue weighted by Crippen LogP contribution is 2.33. The van der Waals surface area contributed by atoms with Crippen LogP contribution in [0.1, 0.15) is 25.7 Å². The molecule has 6 nitrogen and oxygen atoms in total. The van der Waals surface area contributed by atoms with Gasteiger partial charge in [0.05, 0.1) is 6.33 Å². The van der Waals surface area contributed by atoms with Crippen molar-refractivity contribution in [1.29, 1.82) is 0 Å². The van der Waals surface area contributed by atoms with Crippen LogP contribution in [0.25, 0.3) is 0 Å². The van der Waals surface area contributed by atoms with E-state index < -0.39 is 10.0 Å². The van der Waals surface area contributed by atoms with Gasteiger partial charge in [-0.05, 0) is 26.9 Å². The van der Waals surface area contributed by atoms with E-state index in [9.17, 15) is 8.42 Å². The predicted molar refractivity (Wildman–Crippen MR) is 78.3 cm³/mol. The maximum Gasteiger partial charge on any atom is 0.261 e.